The Labute approximate surface area is 160 Å². The molecule has 0 unspecified atom stereocenters. The number of thiophene rings is 1. The van der Waals surface area contributed by atoms with E-state index < -0.39 is 5.97 Å². The number of carbonyl (C=O) groups excluding carboxylic acids is 1. The molecule has 1 amide bonds. The fourth-order valence-corrected chi connectivity index (χ4v) is 4.97. The third kappa shape index (κ3) is 3.83. The van der Waals surface area contributed by atoms with Gasteiger partial charge in [0.1, 0.15) is 4.88 Å². The fourth-order valence-electron chi connectivity index (χ4n) is 3.93. The highest BCUT2D eigenvalue weighted by Crippen LogP contribution is 2.42. The van der Waals surface area contributed by atoms with Crippen LogP contribution in [0.2, 0.25) is 0 Å². The summed E-state index contributed by atoms with van der Waals surface area (Å²) in [5.74, 6) is -0.0249. The first kappa shape index (κ1) is 19.4. The van der Waals surface area contributed by atoms with Gasteiger partial charge in [-0.2, -0.15) is 0 Å². The van der Waals surface area contributed by atoms with E-state index in [9.17, 15) is 14.7 Å². The first-order chi connectivity index (χ1) is 12.2. The number of carboxylic acid groups (broad SMARTS) is 1. The molecular weight excluding hydrogens is 346 g/mol. The van der Waals surface area contributed by atoms with Gasteiger partial charge in [-0.05, 0) is 62.3 Å². The highest BCUT2D eigenvalue weighted by Gasteiger charge is 2.38. The molecule has 0 radical (unpaired) electrons. The second kappa shape index (κ2) is 7.34. The molecule has 26 heavy (non-hydrogen) atoms. The number of hydrogen-bond acceptors (Lipinski definition) is 3. The second-order valence-electron chi connectivity index (χ2n) is 9.13. The van der Waals surface area contributed by atoms with Gasteiger partial charge in [0.25, 0.3) is 0 Å². The average Bonchev–Trinajstić information content (AvgIpc) is 2.96. The van der Waals surface area contributed by atoms with E-state index in [0.717, 1.165) is 49.8 Å². The lowest BCUT2D eigenvalue weighted by molar-refractivity contribution is -0.124. The minimum atomic E-state index is -0.921. The molecule has 2 aliphatic carbocycles. The summed E-state index contributed by atoms with van der Waals surface area (Å²) in [5, 5.41) is 9.77. The van der Waals surface area contributed by atoms with E-state index in [2.05, 4.69) is 27.7 Å². The molecule has 1 heterocycles. The lowest BCUT2D eigenvalue weighted by Gasteiger charge is -2.40. The minimum Gasteiger partial charge on any atom is -0.477 e. The molecule has 3 rings (SSSR count). The first-order valence-electron chi connectivity index (χ1n) is 9.89. The molecule has 144 valence electrons. The van der Waals surface area contributed by atoms with Crippen LogP contribution in [-0.2, 0) is 10.2 Å². The monoisotopic (exact) mass is 377 g/mol. The number of carboxylic acids is 1. The van der Waals surface area contributed by atoms with E-state index in [-0.39, 0.29) is 23.3 Å². The molecule has 2 aliphatic rings. The largest absolute Gasteiger partial charge is 0.477 e. The van der Waals surface area contributed by atoms with Crippen molar-refractivity contribution in [1.82, 2.24) is 0 Å². The normalized spacial score (nSPS) is 24.2. The fraction of sp³-hybridized carbons (Fsp3) is 0.714. The summed E-state index contributed by atoms with van der Waals surface area (Å²) in [6.45, 7) is 8.52. The molecular formula is C21H31NO3S. The van der Waals surface area contributed by atoms with Crippen LogP contribution in [0.15, 0.2) is 6.07 Å². The molecule has 2 fully saturated rings. The predicted molar refractivity (Wildman–Crippen MR) is 106 cm³/mol. The van der Waals surface area contributed by atoms with Crippen LogP contribution in [0.5, 0.6) is 0 Å². The van der Waals surface area contributed by atoms with Crippen molar-refractivity contribution in [2.45, 2.75) is 84.1 Å². The molecule has 2 saturated carbocycles. The van der Waals surface area contributed by atoms with Crippen LogP contribution in [0.3, 0.4) is 0 Å². The zero-order valence-electron chi connectivity index (χ0n) is 16.4. The molecule has 1 N–H and O–H groups in total. The third-order valence-corrected chi connectivity index (χ3v) is 7.49. The van der Waals surface area contributed by atoms with Gasteiger partial charge < -0.3 is 10.0 Å². The number of amides is 1. The maximum atomic E-state index is 13.4. The summed E-state index contributed by atoms with van der Waals surface area (Å²) >= 11 is 1.33. The number of hydrogen-bond donors (Lipinski definition) is 1. The van der Waals surface area contributed by atoms with Gasteiger partial charge in [0.15, 0.2) is 0 Å². The lowest BCUT2D eigenvalue weighted by Crippen LogP contribution is -2.48. The predicted octanol–water partition coefficient (Wildman–Crippen LogP) is 5.46. The lowest BCUT2D eigenvalue weighted by atomic mass is 9.81. The van der Waals surface area contributed by atoms with Crippen LogP contribution in [-0.4, -0.2) is 23.0 Å². The average molecular weight is 378 g/mol. The summed E-state index contributed by atoms with van der Waals surface area (Å²) in [5.41, 5.74) is 0.516. The Morgan fingerprint density at radius 3 is 2.19 bits per heavy atom. The molecule has 0 spiro atoms. The van der Waals surface area contributed by atoms with Crippen LogP contribution < -0.4 is 4.90 Å². The maximum absolute atomic E-state index is 13.4. The number of nitrogens with zero attached hydrogens (tertiary/aromatic N) is 1. The van der Waals surface area contributed by atoms with Gasteiger partial charge >= 0.3 is 5.97 Å². The molecule has 1 aromatic heterocycles. The second-order valence-corrected chi connectivity index (χ2v) is 10.2. The molecule has 1 aromatic rings. The molecule has 0 aromatic carbocycles. The van der Waals surface area contributed by atoms with Crippen molar-refractivity contribution in [3.05, 3.63) is 15.8 Å². The standard InChI is InChI=1S/C21H31NO3S/c1-13-8-10-14(11-9-13)19(23)22(15-6-5-7-15)16-12-17(21(2,3)4)26-18(16)20(24)25/h12-15H,5-11H2,1-4H3,(H,24,25). The van der Waals surface area contributed by atoms with E-state index in [1.807, 2.05) is 11.0 Å². The van der Waals surface area contributed by atoms with Crippen molar-refractivity contribution in [2.24, 2.45) is 11.8 Å². The van der Waals surface area contributed by atoms with E-state index in [4.69, 9.17) is 0 Å². The van der Waals surface area contributed by atoms with Gasteiger partial charge in [0.2, 0.25) is 5.91 Å². The van der Waals surface area contributed by atoms with Gasteiger partial charge in [-0.15, -0.1) is 11.3 Å². The van der Waals surface area contributed by atoms with E-state index in [1.54, 1.807) is 0 Å². The number of anilines is 1. The van der Waals surface area contributed by atoms with Crippen LogP contribution in [0.1, 0.15) is 87.2 Å². The Hall–Kier alpha value is -1.36. The highest BCUT2D eigenvalue weighted by molar-refractivity contribution is 7.14. The Morgan fingerprint density at radius 2 is 1.73 bits per heavy atom. The van der Waals surface area contributed by atoms with Gasteiger partial charge in [0.05, 0.1) is 5.69 Å². The van der Waals surface area contributed by atoms with Gasteiger partial charge in [-0.25, -0.2) is 4.79 Å². The summed E-state index contributed by atoms with van der Waals surface area (Å²) in [6.07, 6.45) is 7.14. The molecule has 0 saturated heterocycles. The summed E-state index contributed by atoms with van der Waals surface area (Å²) in [4.78, 5) is 28.5. The van der Waals surface area contributed by atoms with Crippen molar-refractivity contribution < 1.29 is 14.7 Å². The Bertz CT molecular complexity index is 676. The number of carbonyl (C=O) groups is 2. The number of aromatic carboxylic acids is 1. The smallest absolute Gasteiger partial charge is 0.348 e. The van der Waals surface area contributed by atoms with Crippen LogP contribution in [0.4, 0.5) is 5.69 Å². The van der Waals surface area contributed by atoms with Gasteiger partial charge in [0, 0.05) is 16.8 Å². The van der Waals surface area contributed by atoms with Crippen molar-refractivity contribution >= 4 is 28.9 Å². The van der Waals surface area contributed by atoms with Gasteiger partial charge in [-0.1, -0.05) is 27.7 Å². The van der Waals surface area contributed by atoms with Gasteiger partial charge in [-0.3, -0.25) is 4.79 Å². The maximum Gasteiger partial charge on any atom is 0.348 e. The molecule has 0 bridgehead atoms. The Balaban J connectivity index is 1.96. The van der Waals surface area contributed by atoms with E-state index in [1.165, 1.54) is 11.3 Å². The van der Waals surface area contributed by atoms with E-state index in [0.29, 0.717) is 16.5 Å². The van der Waals surface area contributed by atoms with Crippen molar-refractivity contribution in [3.8, 4) is 0 Å². The van der Waals surface area contributed by atoms with Crippen LogP contribution >= 0.6 is 11.3 Å². The Kier molecular flexibility index (Phi) is 5.48. The molecule has 0 aliphatic heterocycles. The van der Waals surface area contributed by atoms with Crippen molar-refractivity contribution in [3.63, 3.8) is 0 Å². The zero-order valence-corrected chi connectivity index (χ0v) is 17.2. The molecule has 5 heteroatoms. The van der Waals surface area contributed by atoms with Crippen molar-refractivity contribution in [1.29, 1.82) is 0 Å². The summed E-state index contributed by atoms with van der Waals surface area (Å²) in [6, 6.07) is 2.14. The van der Waals surface area contributed by atoms with Crippen molar-refractivity contribution in [2.75, 3.05) is 4.90 Å². The minimum absolute atomic E-state index is 0.0476. The van der Waals surface area contributed by atoms with Crippen LogP contribution in [0, 0.1) is 11.8 Å². The first-order valence-corrected chi connectivity index (χ1v) is 10.7. The van der Waals surface area contributed by atoms with E-state index >= 15 is 0 Å². The third-order valence-electron chi connectivity index (χ3n) is 5.95. The summed E-state index contributed by atoms with van der Waals surface area (Å²) in [7, 11) is 0. The molecule has 0 atom stereocenters. The Morgan fingerprint density at radius 1 is 1.12 bits per heavy atom. The highest BCUT2D eigenvalue weighted by atomic mass is 32.1. The zero-order chi connectivity index (χ0) is 19.1. The van der Waals surface area contributed by atoms with Crippen LogP contribution in [0.25, 0.3) is 0 Å². The summed E-state index contributed by atoms with van der Waals surface area (Å²) < 4.78 is 0. The molecule has 4 nitrogen and oxygen atoms in total. The quantitative estimate of drug-likeness (QED) is 0.758. The SMILES string of the molecule is CC1CCC(C(=O)N(c2cc(C(C)(C)C)sc2C(=O)O)C2CCC2)CC1. The topological polar surface area (TPSA) is 57.6 Å². The number of rotatable bonds is 4.